The Morgan fingerprint density at radius 3 is 2.68 bits per heavy atom. The molecule has 5 heteroatoms. The topological polar surface area (TPSA) is 66.4 Å². The molecule has 0 saturated heterocycles. The molecule has 0 aromatic carbocycles. The summed E-state index contributed by atoms with van der Waals surface area (Å²) in [5.74, 6) is -1.11. The number of carbonyl (C=O) groups is 2. The second-order valence-electron chi connectivity index (χ2n) is 5.05. The number of aryl methyl sites for hydroxylation is 1. The molecule has 0 fully saturated rings. The molecule has 4 nitrogen and oxygen atoms in total. The zero-order chi connectivity index (χ0) is 14.3. The van der Waals surface area contributed by atoms with Crippen molar-refractivity contribution in [1.29, 1.82) is 0 Å². The Balaban J connectivity index is 2.29. The second-order valence-corrected chi connectivity index (χ2v) is 6.08. The van der Waals surface area contributed by atoms with Crippen LogP contribution in [0.1, 0.15) is 31.6 Å². The van der Waals surface area contributed by atoms with E-state index in [1.165, 1.54) is 4.88 Å². The Morgan fingerprint density at radius 1 is 1.42 bits per heavy atom. The third-order valence-electron chi connectivity index (χ3n) is 2.83. The Morgan fingerprint density at radius 2 is 2.16 bits per heavy atom. The van der Waals surface area contributed by atoms with Gasteiger partial charge >= 0.3 is 5.97 Å². The van der Waals surface area contributed by atoms with Crippen LogP contribution in [0.3, 0.4) is 0 Å². The van der Waals surface area contributed by atoms with Crippen LogP contribution in [0.15, 0.2) is 17.5 Å². The summed E-state index contributed by atoms with van der Waals surface area (Å²) in [6.07, 6.45) is 1.71. The number of hydrogen-bond acceptors (Lipinski definition) is 3. The van der Waals surface area contributed by atoms with Gasteiger partial charge in [0.2, 0.25) is 5.91 Å². The predicted octanol–water partition coefficient (Wildman–Crippen LogP) is 2.54. The smallest absolute Gasteiger partial charge is 0.308 e. The highest BCUT2D eigenvalue weighted by molar-refractivity contribution is 7.09. The number of carboxylic acids is 1. The predicted molar refractivity (Wildman–Crippen MR) is 76.2 cm³/mol. The molecule has 19 heavy (non-hydrogen) atoms. The Labute approximate surface area is 117 Å². The first-order valence-corrected chi connectivity index (χ1v) is 7.39. The number of nitrogens with one attached hydrogen (secondary N) is 1. The maximum atomic E-state index is 11.7. The lowest BCUT2D eigenvalue weighted by molar-refractivity contribution is -0.142. The molecule has 1 unspecified atom stereocenters. The standard InChI is InChI=1S/C14H21NO3S/c1-10(2)8-11(14(17)18)9-15-13(16)6-5-12-4-3-7-19-12/h3-4,7,10-11H,5-6,8-9H2,1-2H3,(H,15,16)(H,17,18). The summed E-state index contributed by atoms with van der Waals surface area (Å²) in [6, 6.07) is 3.96. The largest absolute Gasteiger partial charge is 0.481 e. The fraction of sp³-hybridized carbons (Fsp3) is 0.571. The molecule has 0 aliphatic heterocycles. The summed E-state index contributed by atoms with van der Waals surface area (Å²) < 4.78 is 0. The fourth-order valence-electron chi connectivity index (χ4n) is 1.86. The van der Waals surface area contributed by atoms with E-state index in [0.29, 0.717) is 25.2 Å². The van der Waals surface area contributed by atoms with Crippen molar-refractivity contribution in [3.63, 3.8) is 0 Å². The third-order valence-corrected chi connectivity index (χ3v) is 3.77. The minimum atomic E-state index is -0.841. The first-order chi connectivity index (χ1) is 8.99. The number of carboxylic acid groups (broad SMARTS) is 1. The van der Waals surface area contributed by atoms with Gasteiger partial charge in [-0.2, -0.15) is 0 Å². The Hall–Kier alpha value is -1.36. The first-order valence-electron chi connectivity index (χ1n) is 6.51. The second kappa shape index (κ2) is 7.94. The van der Waals surface area contributed by atoms with Crippen molar-refractivity contribution in [2.24, 2.45) is 11.8 Å². The monoisotopic (exact) mass is 283 g/mol. The molecule has 1 rings (SSSR count). The van der Waals surface area contributed by atoms with E-state index in [9.17, 15) is 9.59 Å². The lowest BCUT2D eigenvalue weighted by Gasteiger charge is -2.15. The number of thiophene rings is 1. The average molecular weight is 283 g/mol. The lowest BCUT2D eigenvalue weighted by Crippen LogP contribution is -2.33. The van der Waals surface area contributed by atoms with Crippen LogP contribution in [0.4, 0.5) is 0 Å². The lowest BCUT2D eigenvalue weighted by atomic mass is 9.97. The van der Waals surface area contributed by atoms with Crippen molar-refractivity contribution < 1.29 is 14.7 Å². The number of rotatable bonds is 8. The van der Waals surface area contributed by atoms with Gasteiger partial charge in [-0.05, 0) is 30.2 Å². The summed E-state index contributed by atoms with van der Waals surface area (Å²) in [5, 5.41) is 13.8. The highest BCUT2D eigenvalue weighted by Crippen LogP contribution is 2.12. The van der Waals surface area contributed by atoms with Crippen molar-refractivity contribution in [3.8, 4) is 0 Å². The average Bonchev–Trinajstić information content (AvgIpc) is 2.84. The summed E-state index contributed by atoms with van der Waals surface area (Å²) in [5.41, 5.74) is 0. The quantitative estimate of drug-likeness (QED) is 0.770. The van der Waals surface area contributed by atoms with Gasteiger partial charge < -0.3 is 10.4 Å². The van der Waals surface area contributed by atoms with Crippen molar-refractivity contribution in [3.05, 3.63) is 22.4 Å². The minimum absolute atomic E-state index is 0.0802. The molecule has 1 aromatic rings. The third kappa shape index (κ3) is 6.38. The van der Waals surface area contributed by atoms with Crippen molar-refractivity contribution in [2.45, 2.75) is 33.1 Å². The van der Waals surface area contributed by atoms with E-state index in [0.717, 1.165) is 0 Å². The highest BCUT2D eigenvalue weighted by atomic mass is 32.1. The minimum Gasteiger partial charge on any atom is -0.481 e. The number of amides is 1. The Kier molecular flexibility index (Phi) is 6.56. The van der Waals surface area contributed by atoms with Gasteiger partial charge in [-0.15, -0.1) is 11.3 Å². The fourth-order valence-corrected chi connectivity index (χ4v) is 2.57. The zero-order valence-electron chi connectivity index (χ0n) is 11.4. The van der Waals surface area contributed by atoms with Gasteiger partial charge in [0.15, 0.2) is 0 Å². The summed E-state index contributed by atoms with van der Waals surface area (Å²) in [6.45, 7) is 4.18. The van der Waals surface area contributed by atoms with Crippen LogP contribution in [-0.2, 0) is 16.0 Å². The molecule has 1 atom stereocenters. The molecule has 0 bridgehead atoms. The van der Waals surface area contributed by atoms with Crippen LogP contribution >= 0.6 is 11.3 Å². The van der Waals surface area contributed by atoms with Gasteiger partial charge in [0.25, 0.3) is 0 Å². The molecule has 0 aliphatic rings. The SMILES string of the molecule is CC(C)CC(CNC(=O)CCc1cccs1)C(=O)O. The summed E-state index contributed by atoms with van der Waals surface area (Å²) >= 11 is 1.63. The first kappa shape index (κ1) is 15.7. The highest BCUT2D eigenvalue weighted by Gasteiger charge is 2.19. The maximum absolute atomic E-state index is 11.7. The van der Waals surface area contributed by atoms with E-state index in [-0.39, 0.29) is 12.5 Å². The van der Waals surface area contributed by atoms with Crippen LogP contribution < -0.4 is 5.32 Å². The van der Waals surface area contributed by atoms with E-state index in [2.05, 4.69) is 5.32 Å². The number of hydrogen-bond donors (Lipinski definition) is 2. The molecule has 0 spiro atoms. The zero-order valence-corrected chi connectivity index (χ0v) is 12.2. The number of aliphatic carboxylic acids is 1. The van der Waals surface area contributed by atoms with E-state index in [1.54, 1.807) is 11.3 Å². The molecule has 2 N–H and O–H groups in total. The normalized spacial score (nSPS) is 12.4. The summed E-state index contributed by atoms with van der Waals surface area (Å²) in [4.78, 5) is 23.9. The van der Waals surface area contributed by atoms with Crippen LogP contribution in [0.2, 0.25) is 0 Å². The van der Waals surface area contributed by atoms with Gasteiger partial charge in [-0.25, -0.2) is 0 Å². The van der Waals surface area contributed by atoms with E-state index in [1.807, 2.05) is 31.4 Å². The maximum Gasteiger partial charge on any atom is 0.308 e. The summed E-state index contributed by atoms with van der Waals surface area (Å²) in [7, 11) is 0. The molecule has 0 aliphatic carbocycles. The van der Waals surface area contributed by atoms with E-state index < -0.39 is 11.9 Å². The Bertz CT molecular complexity index is 401. The van der Waals surface area contributed by atoms with Crippen molar-refractivity contribution >= 4 is 23.2 Å². The van der Waals surface area contributed by atoms with Crippen LogP contribution in [-0.4, -0.2) is 23.5 Å². The molecule has 106 valence electrons. The molecule has 1 amide bonds. The van der Waals surface area contributed by atoms with Crippen LogP contribution in [0.5, 0.6) is 0 Å². The van der Waals surface area contributed by atoms with Crippen LogP contribution in [0.25, 0.3) is 0 Å². The van der Waals surface area contributed by atoms with Crippen LogP contribution in [0, 0.1) is 11.8 Å². The molecular weight excluding hydrogens is 262 g/mol. The van der Waals surface area contributed by atoms with Gasteiger partial charge in [0, 0.05) is 17.8 Å². The van der Waals surface area contributed by atoms with E-state index >= 15 is 0 Å². The van der Waals surface area contributed by atoms with Gasteiger partial charge in [-0.3, -0.25) is 9.59 Å². The molecule has 1 heterocycles. The van der Waals surface area contributed by atoms with Gasteiger partial charge in [-0.1, -0.05) is 19.9 Å². The molecule has 0 saturated carbocycles. The molecular formula is C14H21NO3S. The molecule has 1 aromatic heterocycles. The van der Waals surface area contributed by atoms with Gasteiger partial charge in [0.1, 0.15) is 0 Å². The van der Waals surface area contributed by atoms with Gasteiger partial charge in [0.05, 0.1) is 5.92 Å². The van der Waals surface area contributed by atoms with Crippen molar-refractivity contribution in [1.82, 2.24) is 5.32 Å². The van der Waals surface area contributed by atoms with Crippen molar-refractivity contribution in [2.75, 3.05) is 6.54 Å². The number of carbonyl (C=O) groups excluding carboxylic acids is 1. The molecule has 0 radical (unpaired) electrons. The van der Waals surface area contributed by atoms with E-state index in [4.69, 9.17) is 5.11 Å².